The fourth-order valence-electron chi connectivity index (χ4n) is 1.86. The molecule has 3 aromatic heterocycles. The molecule has 116 valence electrons. The highest BCUT2D eigenvalue weighted by atomic mass is 32.1. The van der Waals surface area contributed by atoms with Gasteiger partial charge in [-0.1, -0.05) is 0 Å². The van der Waals surface area contributed by atoms with E-state index in [1.165, 1.54) is 23.3 Å². The molecule has 0 bridgehead atoms. The number of carbonyl (C=O) groups is 1. The highest BCUT2D eigenvalue weighted by Gasteiger charge is 2.12. The van der Waals surface area contributed by atoms with Crippen LogP contribution in [-0.2, 0) is 0 Å². The van der Waals surface area contributed by atoms with Crippen LogP contribution in [0.3, 0.4) is 0 Å². The molecular formula is C15H14N6OS. The molecule has 3 aromatic rings. The highest BCUT2D eigenvalue weighted by molar-refractivity contribution is 7.21. The molecule has 2 amide bonds. The summed E-state index contributed by atoms with van der Waals surface area (Å²) in [5, 5.41) is 11.0. The van der Waals surface area contributed by atoms with Crippen LogP contribution < -0.4 is 5.32 Å². The Labute approximate surface area is 136 Å². The number of carbonyl (C=O) groups excluding carboxylic acids is 1. The number of fused-ring (bicyclic) bond motifs is 1. The minimum atomic E-state index is -0.379. The summed E-state index contributed by atoms with van der Waals surface area (Å²) in [7, 11) is 1.54. The predicted octanol–water partition coefficient (Wildman–Crippen LogP) is 3.21. The second-order valence-electron chi connectivity index (χ2n) is 4.88. The van der Waals surface area contributed by atoms with E-state index in [1.807, 2.05) is 18.2 Å². The molecule has 0 saturated carbocycles. The Morgan fingerprint density at radius 3 is 2.91 bits per heavy atom. The zero-order valence-electron chi connectivity index (χ0n) is 12.6. The van der Waals surface area contributed by atoms with Gasteiger partial charge in [-0.05, 0) is 25.1 Å². The number of aromatic nitrogens is 3. The minimum Gasteiger partial charge on any atom is -0.306 e. The van der Waals surface area contributed by atoms with Gasteiger partial charge in [-0.2, -0.15) is 0 Å². The summed E-state index contributed by atoms with van der Waals surface area (Å²) in [5.74, 6) is 0.160. The molecular weight excluding hydrogens is 312 g/mol. The summed E-state index contributed by atoms with van der Waals surface area (Å²) in [6.07, 6.45) is 5.02. The molecule has 0 aromatic carbocycles. The average Bonchev–Trinajstić information content (AvgIpc) is 2.98. The van der Waals surface area contributed by atoms with Crippen molar-refractivity contribution in [2.45, 2.75) is 6.92 Å². The Balaban J connectivity index is 1.88. The van der Waals surface area contributed by atoms with Crippen molar-refractivity contribution in [2.24, 2.45) is 0 Å². The smallest absolute Gasteiger partial charge is 0.306 e. The zero-order valence-corrected chi connectivity index (χ0v) is 13.4. The van der Waals surface area contributed by atoms with E-state index in [0.717, 1.165) is 15.3 Å². The Kier molecular flexibility index (Phi) is 3.98. The number of thiazole rings is 1. The fourth-order valence-corrected chi connectivity index (χ4v) is 2.81. The third kappa shape index (κ3) is 3.16. The van der Waals surface area contributed by atoms with Gasteiger partial charge in [-0.25, -0.2) is 14.8 Å². The van der Waals surface area contributed by atoms with Crippen LogP contribution in [0.5, 0.6) is 0 Å². The second kappa shape index (κ2) is 6.09. The Morgan fingerprint density at radius 1 is 1.39 bits per heavy atom. The number of hydrogen-bond donors (Lipinski definition) is 2. The number of hydrogen-bond acceptors (Lipinski definition) is 6. The molecule has 7 nitrogen and oxygen atoms in total. The van der Waals surface area contributed by atoms with Crippen molar-refractivity contribution in [3.8, 4) is 10.6 Å². The predicted molar refractivity (Wildman–Crippen MR) is 90.8 cm³/mol. The molecule has 0 radical (unpaired) electrons. The van der Waals surface area contributed by atoms with Crippen LogP contribution in [0.25, 0.3) is 20.9 Å². The van der Waals surface area contributed by atoms with Crippen molar-refractivity contribution in [2.75, 3.05) is 12.4 Å². The molecule has 0 aliphatic rings. The Bertz CT molecular complexity index is 876. The maximum atomic E-state index is 11.9. The molecule has 0 unspecified atom stereocenters. The molecule has 0 saturated heterocycles. The van der Waals surface area contributed by atoms with E-state index in [4.69, 9.17) is 5.41 Å². The summed E-state index contributed by atoms with van der Waals surface area (Å²) in [6, 6.07) is 5.24. The lowest BCUT2D eigenvalue weighted by Gasteiger charge is -2.15. The van der Waals surface area contributed by atoms with Crippen molar-refractivity contribution in [3.63, 3.8) is 0 Å². The Morgan fingerprint density at radius 2 is 2.22 bits per heavy atom. The van der Waals surface area contributed by atoms with Gasteiger partial charge in [-0.15, -0.1) is 11.3 Å². The van der Waals surface area contributed by atoms with E-state index in [0.29, 0.717) is 11.3 Å². The van der Waals surface area contributed by atoms with E-state index in [9.17, 15) is 4.79 Å². The second-order valence-corrected chi connectivity index (χ2v) is 5.91. The normalized spacial score (nSPS) is 10.5. The molecule has 0 fully saturated rings. The lowest BCUT2D eigenvalue weighted by atomic mass is 10.3. The summed E-state index contributed by atoms with van der Waals surface area (Å²) in [4.78, 5) is 26.0. The van der Waals surface area contributed by atoms with Crippen molar-refractivity contribution in [1.82, 2.24) is 19.9 Å². The van der Waals surface area contributed by atoms with E-state index in [2.05, 4.69) is 20.3 Å². The molecule has 23 heavy (non-hydrogen) atoms. The van der Waals surface area contributed by atoms with Gasteiger partial charge >= 0.3 is 6.03 Å². The first-order valence-corrected chi connectivity index (χ1v) is 7.63. The topological polar surface area (TPSA) is 94.9 Å². The first kappa shape index (κ1) is 15.0. The van der Waals surface area contributed by atoms with Gasteiger partial charge in [0.15, 0.2) is 5.65 Å². The minimum absolute atomic E-state index is 0.160. The average molecular weight is 326 g/mol. The van der Waals surface area contributed by atoms with Crippen LogP contribution in [0.2, 0.25) is 0 Å². The van der Waals surface area contributed by atoms with Crippen LogP contribution >= 0.6 is 11.3 Å². The van der Waals surface area contributed by atoms with Crippen LogP contribution in [0.15, 0.2) is 36.8 Å². The quantitative estimate of drug-likeness (QED) is 0.558. The summed E-state index contributed by atoms with van der Waals surface area (Å²) >= 11 is 1.49. The lowest BCUT2D eigenvalue weighted by Crippen LogP contribution is -2.34. The lowest BCUT2D eigenvalue weighted by molar-refractivity contribution is 0.239. The number of urea groups is 1. The van der Waals surface area contributed by atoms with Gasteiger partial charge in [0.25, 0.3) is 0 Å². The van der Waals surface area contributed by atoms with Crippen molar-refractivity contribution in [3.05, 3.63) is 36.8 Å². The van der Waals surface area contributed by atoms with Gasteiger partial charge in [-0.3, -0.25) is 15.3 Å². The molecule has 0 aliphatic heterocycles. The zero-order chi connectivity index (χ0) is 16.4. The summed E-state index contributed by atoms with van der Waals surface area (Å²) in [6.45, 7) is 1.55. The third-order valence-electron chi connectivity index (χ3n) is 3.21. The van der Waals surface area contributed by atoms with Crippen molar-refractivity contribution >= 4 is 39.2 Å². The summed E-state index contributed by atoms with van der Waals surface area (Å²) < 4.78 is 0.871. The number of rotatable bonds is 2. The molecule has 0 aliphatic carbocycles. The van der Waals surface area contributed by atoms with Gasteiger partial charge < -0.3 is 5.32 Å². The third-order valence-corrected chi connectivity index (χ3v) is 4.26. The van der Waals surface area contributed by atoms with E-state index in [-0.39, 0.29) is 11.9 Å². The van der Waals surface area contributed by atoms with E-state index < -0.39 is 0 Å². The first-order valence-electron chi connectivity index (χ1n) is 6.81. The molecule has 0 spiro atoms. The van der Waals surface area contributed by atoms with Gasteiger partial charge in [0.2, 0.25) is 0 Å². The molecule has 8 heteroatoms. The molecule has 2 N–H and O–H groups in total. The van der Waals surface area contributed by atoms with Crippen molar-refractivity contribution < 1.29 is 4.79 Å². The van der Waals surface area contributed by atoms with Crippen LogP contribution in [0.1, 0.15) is 6.92 Å². The van der Waals surface area contributed by atoms with Crippen LogP contribution in [0.4, 0.5) is 10.5 Å². The molecule has 3 heterocycles. The molecule has 3 rings (SSSR count). The number of pyridine rings is 2. The summed E-state index contributed by atoms with van der Waals surface area (Å²) in [5.41, 5.74) is 2.13. The Hall–Kier alpha value is -2.87. The van der Waals surface area contributed by atoms with Crippen LogP contribution in [0, 0.1) is 5.41 Å². The SMILES string of the molecule is CC(=N)N(C)C(=O)Nc1cnc2nc(-c3cccnc3)sc2c1. The monoisotopic (exact) mass is 326 g/mol. The van der Waals surface area contributed by atoms with Gasteiger partial charge in [0, 0.05) is 25.0 Å². The number of anilines is 1. The number of nitrogens with one attached hydrogen (secondary N) is 2. The largest absolute Gasteiger partial charge is 0.327 e. The first-order chi connectivity index (χ1) is 11.0. The number of amidine groups is 1. The van der Waals surface area contributed by atoms with E-state index in [1.54, 1.807) is 25.5 Å². The van der Waals surface area contributed by atoms with Gasteiger partial charge in [0.1, 0.15) is 10.8 Å². The maximum Gasteiger partial charge on any atom is 0.327 e. The molecule has 0 atom stereocenters. The van der Waals surface area contributed by atoms with Gasteiger partial charge in [0.05, 0.1) is 16.6 Å². The van der Waals surface area contributed by atoms with Crippen LogP contribution in [-0.4, -0.2) is 38.8 Å². The maximum absolute atomic E-state index is 11.9. The fraction of sp³-hybridized carbons (Fsp3) is 0.133. The van der Waals surface area contributed by atoms with E-state index >= 15 is 0 Å². The number of amides is 2. The van der Waals surface area contributed by atoms with Crippen molar-refractivity contribution in [1.29, 1.82) is 5.41 Å². The standard InChI is InChI=1S/C15H14N6OS/c1-9(16)21(2)15(22)19-11-6-12-13(18-8-11)20-14(23-12)10-4-3-5-17-7-10/h3-8,16H,1-2H3,(H,19,22). The highest BCUT2D eigenvalue weighted by Crippen LogP contribution is 2.30. The number of nitrogens with zero attached hydrogens (tertiary/aromatic N) is 4.